The fourth-order valence-corrected chi connectivity index (χ4v) is 1.30. The van der Waals surface area contributed by atoms with Crippen LogP contribution in [0, 0.1) is 11.3 Å². The Hall–Kier alpha value is -2.06. The van der Waals surface area contributed by atoms with E-state index in [0.717, 1.165) is 4.90 Å². The molecule has 0 unspecified atom stereocenters. The highest BCUT2D eigenvalue weighted by Crippen LogP contribution is 2.22. The van der Waals surface area contributed by atoms with E-state index in [0.29, 0.717) is 11.3 Å². The fraction of sp³-hybridized carbons (Fsp3) is 0.100. The lowest BCUT2D eigenvalue weighted by Gasteiger charge is -2.15. The van der Waals surface area contributed by atoms with Crippen molar-refractivity contribution >= 4 is 29.1 Å². The molecule has 2 amide bonds. The van der Waals surface area contributed by atoms with E-state index in [1.54, 1.807) is 0 Å². The maximum absolute atomic E-state index is 11.3. The second-order valence-corrected chi connectivity index (χ2v) is 3.41. The van der Waals surface area contributed by atoms with Crippen molar-refractivity contribution in [3.8, 4) is 6.07 Å². The Morgan fingerprint density at radius 1 is 1.50 bits per heavy atom. The van der Waals surface area contributed by atoms with Gasteiger partial charge in [0.2, 0.25) is 0 Å². The van der Waals surface area contributed by atoms with Crippen LogP contribution in [0.4, 0.5) is 5.69 Å². The molecule has 2 N–H and O–H groups in total. The Labute approximate surface area is 97.0 Å². The van der Waals surface area contributed by atoms with Crippen LogP contribution in [0.25, 0.3) is 0 Å². The maximum Gasteiger partial charge on any atom is 0.315 e. The molecule has 0 aromatic heterocycles. The van der Waals surface area contributed by atoms with Crippen LogP contribution >= 0.6 is 11.6 Å². The number of hydrogen-bond acceptors (Lipinski definition) is 3. The van der Waals surface area contributed by atoms with Crippen LogP contribution in [0.1, 0.15) is 5.56 Å². The molecule has 6 heteroatoms. The second-order valence-electron chi connectivity index (χ2n) is 3.00. The van der Waals surface area contributed by atoms with Crippen molar-refractivity contribution in [1.82, 2.24) is 0 Å². The highest BCUT2D eigenvalue weighted by Gasteiger charge is 2.17. The highest BCUT2D eigenvalue weighted by atomic mass is 35.5. The smallest absolute Gasteiger partial charge is 0.315 e. The van der Waals surface area contributed by atoms with Crippen LogP contribution < -0.4 is 10.6 Å². The summed E-state index contributed by atoms with van der Waals surface area (Å²) in [4.78, 5) is 23.0. The van der Waals surface area contributed by atoms with Crippen LogP contribution in [0.2, 0.25) is 5.02 Å². The molecule has 0 aliphatic rings. The number of likely N-dealkylation sites (N-methyl/N-ethyl adjacent to an activating group) is 1. The van der Waals surface area contributed by atoms with Gasteiger partial charge in [0, 0.05) is 12.7 Å². The molecular formula is C10H8ClN3O2. The van der Waals surface area contributed by atoms with Crippen molar-refractivity contribution < 1.29 is 9.59 Å². The summed E-state index contributed by atoms with van der Waals surface area (Å²) in [6.45, 7) is 0. The minimum Gasteiger partial charge on any atom is -0.361 e. The highest BCUT2D eigenvalue weighted by molar-refractivity contribution is 6.40. The molecule has 0 atom stereocenters. The number of anilines is 1. The van der Waals surface area contributed by atoms with Crippen LogP contribution in [-0.4, -0.2) is 18.9 Å². The number of carbonyl (C=O) groups excluding carboxylic acids is 2. The first-order valence-electron chi connectivity index (χ1n) is 4.24. The van der Waals surface area contributed by atoms with E-state index < -0.39 is 11.8 Å². The SMILES string of the molecule is CN(C(=O)C(N)=O)c1ccc(C#N)c(Cl)c1. The number of rotatable bonds is 1. The molecule has 1 rings (SSSR count). The van der Waals surface area contributed by atoms with Crippen molar-refractivity contribution in [3.63, 3.8) is 0 Å². The molecule has 16 heavy (non-hydrogen) atoms. The van der Waals surface area contributed by atoms with Crippen molar-refractivity contribution in [1.29, 1.82) is 5.26 Å². The van der Waals surface area contributed by atoms with E-state index >= 15 is 0 Å². The van der Waals surface area contributed by atoms with Crippen molar-refractivity contribution in [3.05, 3.63) is 28.8 Å². The van der Waals surface area contributed by atoms with E-state index in [9.17, 15) is 9.59 Å². The summed E-state index contributed by atoms with van der Waals surface area (Å²) in [5.74, 6) is -1.90. The van der Waals surface area contributed by atoms with E-state index in [1.165, 1.54) is 25.2 Å². The number of primary amides is 1. The fourth-order valence-electron chi connectivity index (χ4n) is 1.09. The number of nitrogens with two attached hydrogens (primary N) is 1. The first-order valence-corrected chi connectivity index (χ1v) is 4.62. The predicted molar refractivity (Wildman–Crippen MR) is 58.8 cm³/mol. The first kappa shape index (κ1) is 12.0. The average Bonchev–Trinajstić information content (AvgIpc) is 2.26. The lowest BCUT2D eigenvalue weighted by Crippen LogP contribution is -2.37. The van der Waals surface area contributed by atoms with Gasteiger partial charge in [-0.25, -0.2) is 0 Å². The molecule has 0 saturated carbocycles. The van der Waals surface area contributed by atoms with Gasteiger partial charge < -0.3 is 10.6 Å². The van der Waals surface area contributed by atoms with Gasteiger partial charge in [-0.15, -0.1) is 0 Å². The molecule has 0 bridgehead atoms. The molecule has 0 radical (unpaired) electrons. The molecule has 0 spiro atoms. The van der Waals surface area contributed by atoms with Gasteiger partial charge >= 0.3 is 11.8 Å². The summed E-state index contributed by atoms with van der Waals surface area (Å²) in [6, 6.07) is 6.27. The number of amides is 2. The van der Waals surface area contributed by atoms with Gasteiger partial charge in [0.1, 0.15) is 6.07 Å². The van der Waals surface area contributed by atoms with E-state index in [1.807, 2.05) is 6.07 Å². The van der Waals surface area contributed by atoms with Crippen LogP contribution in [0.3, 0.4) is 0 Å². The molecule has 1 aromatic carbocycles. The minimum absolute atomic E-state index is 0.212. The Morgan fingerprint density at radius 3 is 2.56 bits per heavy atom. The van der Waals surface area contributed by atoms with Gasteiger partial charge in [0.15, 0.2) is 0 Å². The molecule has 82 valence electrons. The van der Waals surface area contributed by atoms with E-state index in [-0.39, 0.29) is 5.02 Å². The first-order chi connectivity index (χ1) is 7.47. The normalized spacial score (nSPS) is 9.31. The lowest BCUT2D eigenvalue weighted by molar-refractivity contribution is -0.135. The van der Waals surface area contributed by atoms with Crippen molar-refractivity contribution in [2.75, 3.05) is 11.9 Å². The van der Waals surface area contributed by atoms with Gasteiger partial charge in [0.25, 0.3) is 0 Å². The van der Waals surface area contributed by atoms with Gasteiger partial charge in [-0.1, -0.05) is 11.6 Å². The van der Waals surface area contributed by atoms with E-state index in [4.69, 9.17) is 22.6 Å². The average molecular weight is 238 g/mol. The topological polar surface area (TPSA) is 87.2 Å². The molecule has 0 heterocycles. The van der Waals surface area contributed by atoms with Crippen molar-refractivity contribution in [2.45, 2.75) is 0 Å². The minimum atomic E-state index is -1.05. The number of nitriles is 1. The van der Waals surface area contributed by atoms with Crippen LogP contribution in [0.5, 0.6) is 0 Å². The standard InChI is InChI=1S/C10H8ClN3O2/c1-14(10(16)9(13)15)7-3-2-6(5-12)8(11)4-7/h2-4H,1H3,(H2,13,15). The van der Waals surface area contributed by atoms with E-state index in [2.05, 4.69) is 0 Å². The number of carbonyl (C=O) groups is 2. The van der Waals surface area contributed by atoms with Crippen molar-refractivity contribution in [2.24, 2.45) is 5.73 Å². The number of hydrogen-bond donors (Lipinski definition) is 1. The zero-order valence-electron chi connectivity index (χ0n) is 8.40. The van der Waals surface area contributed by atoms with Gasteiger partial charge in [-0.2, -0.15) is 5.26 Å². The predicted octanol–water partition coefficient (Wildman–Crippen LogP) is 0.660. The Kier molecular flexibility index (Phi) is 3.48. The summed E-state index contributed by atoms with van der Waals surface area (Å²) < 4.78 is 0. The Morgan fingerprint density at radius 2 is 2.12 bits per heavy atom. The summed E-state index contributed by atoms with van der Waals surface area (Å²) in [5.41, 5.74) is 5.55. The summed E-state index contributed by atoms with van der Waals surface area (Å²) in [7, 11) is 1.39. The zero-order valence-corrected chi connectivity index (χ0v) is 9.15. The molecule has 0 saturated heterocycles. The van der Waals surface area contributed by atoms with Gasteiger partial charge in [-0.3, -0.25) is 9.59 Å². The summed E-state index contributed by atoms with van der Waals surface area (Å²) in [5, 5.41) is 8.87. The van der Waals surface area contributed by atoms with Crippen LogP contribution in [0.15, 0.2) is 18.2 Å². The number of halogens is 1. The third-order valence-electron chi connectivity index (χ3n) is 1.98. The molecular weight excluding hydrogens is 230 g/mol. The molecule has 0 fully saturated rings. The molecule has 0 aliphatic carbocycles. The third kappa shape index (κ3) is 2.30. The van der Waals surface area contributed by atoms with Crippen LogP contribution in [-0.2, 0) is 9.59 Å². The maximum atomic E-state index is 11.3. The van der Waals surface area contributed by atoms with Gasteiger partial charge in [-0.05, 0) is 18.2 Å². The number of nitrogens with zero attached hydrogens (tertiary/aromatic N) is 2. The monoisotopic (exact) mass is 237 g/mol. The lowest BCUT2D eigenvalue weighted by atomic mass is 10.2. The quantitative estimate of drug-likeness (QED) is 0.728. The zero-order chi connectivity index (χ0) is 12.3. The van der Waals surface area contributed by atoms with Gasteiger partial charge in [0.05, 0.1) is 10.6 Å². The second kappa shape index (κ2) is 4.64. The summed E-state index contributed by atoms with van der Waals surface area (Å²) >= 11 is 5.78. The Balaban J connectivity index is 3.07. The molecule has 0 aliphatic heterocycles. The molecule has 5 nitrogen and oxygen atoms in total. The Bertz CT molecular complexity index is 493. The summed E-state index contributed by atoms with van der Waals surface area (Å²) in [6.07, 6.45) is 0. The molecule has 1 aromatic rings. The number of benzene rings is 1. The largest absolute Gasteiger partial charge is 0.361 e. The third-order valence-corrected chi connectivity index (χ3v) is 2.29.